The molecule has 0 unspecified atom stereocenters. The van der Waals surface area contributed by atoms with Gasteiger partial charge in [0.1, 0.15) is 5.70 Å². The molecule has 0 spiro atoms. The lowest BCUT2D eigenvalue weighted by molar-refractivity contribution is 0.102. The zero-order valence-electron chi connectivity index (χ0n) is 11.4. The number of Topliss-reactive ketones (excluding diaryl/α,β-unsaturated/α-hetero) is 1. The van der Waals surface area contributed by atoms with E-state index in [0.717, 1.165) is 11.1 Å². The standard InChI is InChI=1S/C18H14ClNO/c1-12-14-9-5-6-10-15(14)18(21)17(16(12)19)20-11-13-7-3-2-4-8-13/h2-10,20H,1,11H2. The van der Waals surface area contributed by atoms with Gasteiger partial charge in [-0.1, -0.05) is 72.8 Å². The molecule has 0 fully saturated rings. The Morgan fingerprint density at radius 2 is 1.57 bits per heavy atom. The summed E-state index contributed by atoms with van der Waals surface area (Å²) >= 11 is 6.32. The minimum absolute atomic E-state index is 0.0843. The van der Waals surface area contributed by atoms with Crippen molar-refractivity contribution in [2.45, 2.75) is 6.54 Å². The van der Waals surface area contributed by atoms with Crippen molar-refractivity contribution in [3.63, 3.8) is 0 Å². The molecule has 0 aromatic heterocycles. The first kappa shape index (κ1) is 13.7. The van der Waals surface area contributed by atoms with E-state index in [-0.39, 0.29) is 5.78 Å². The van der Waals surface area contributed by atoms with E-state index in [4.69, 9.17) is 11.6 Å². The normalized spacial score (nSPS) is 14.1. The van der Waals surface area contributed by atoms with Gasteiger partial charge in [0, 0.05) is 12.1 Å². The summed E-state index contributed by atoms with van der Waals surface area (Å²) in [7, 11) is 0. The number of carbonyl (C=O) groups excluding carboxylic acids is 1. The summed E-state index contributed by atoms with van der Waals surface area (Å²) < 4.78 is 0. The third-order valence-corrected chi connectivity index (χ3v) is 3.94. The van der Waals surface area contributed by atoms with Gasteiger partial charge in [-0.2, -0.15) is 0 Å². The van der Waals surface area contributed by atoms with Crippen molar-refractivity contribution in [3.8, 4) is 0 Å². The SMILES string of the molecule is C=C1C(Cl)=C(NCc2ccccc2)C(=O)c2ccccc21. The lowest BCUT2D eigenvalue weighted by atomic mass is 9.90. The van der Waals surface area contributed by atoms with Crippen molar-refractivity contribution in [1.82, 2.24) is 5.32 Å². The summed E-state index contributed by atoms with van der Waals surface area (Å²) in [6, 6.07) is 17.3. The molecule has 0 saturated heterocycles. The van der Waals surface area contributed by atoms with Gasteiger partial charge in [-0.3, -0.25) is 4.79 Å². The van der Waals surface area contributed by atoms with Crippen LogP contribution >= 0.6 is 11.6 Å². The van der Waals surface area contributed by atoms with Gasteiger partial charge in [0.2, 0.25) is 5.78 Å². The highest BCUT2D eigenvalue weighted by molar-refractivity contribution is 6.41. The highest BCUT2D eigenvalue weighted by Crippen LogP contribution is 2.35. The molecule has 0 aliphatic heterocycles. The van der Waals surface area contributed by atoms with E-state index in [1.54, 1.807) is 6.07 Å². The Hall–Kier alpha value is -2.32. The molecule has 104 valence electrons. The van der Waals surface area contributed by atoms with Crippen LogP contribution in [0.1, 0.15) is 21.5 Å². The monoisotopic (exact) mass is 295 g/mol. The van der Waals surface area contributed by atoms with Crippen LogP contribution in [0.3, 0.4) is 0 Å². The summed E-state index contributed by atoms with van der Waals surface area (Å²) in [5.41, 5.74) is 3.64. The number of benzene rings is 2. The third-order valence-electron chi connectivity index (χ3n) is 3.52. The zero-order valence-corrected chi connectivity index (χ0v) is 12.2. The maximum Gasteiger partial charge on any atom is 0.211 e. The number of hydrogen-bond acceptors (Lipinski definition) is 2. The largest absolute Gasteiger partial charge is 0.377 e. The number of nitrogens with one attached hydrogen (secondary N) is 1. The maximum atomic E-state index is 12.5. The van der Waals surface area contributed by atoms with Gasteiger partial charge >= 0.3 is 0 Å². The van der Waals surface area contributed by atoms with Crippen LogP contribution in [0.25, 0.3) is 5.57 Å². The zero-order chi connectivity index (χ0) is 14.8. The molecular weight excluding hydrogens is 282 g/mol. The van der Waals surface area contributed by atoms with Crippen LogP contribution in [0.2, 0.25) is 0 Å². The van der Waals surface area contributed by atoms with Crippen molar-refractivity contribution in [2.75, 3.05) is 0 Å². The molecule has 0 amide bonds. The molecule has 0 bridgehead atoms. The number of rotatable bonds is 3. The van der Waals surface area contributed by atoms with Crippen LogP contribution in [-0.4, -0.2) is 5.78 Å². The first-order chi connectivity index (χ1) is 10.2. The number of hydrogen-bond donors (Lipinski definition) is 1. The number of allylic oxidation sites excluding steroid dienone is 3. The highest BCUT2D eigenvalue weighted by Gasteiger charge is 2.27. The second-order valence-electron chi connectivity index (χ2n) is 4.88. The molecule has 21 heavy (non-hydrogen) atoms. The van der Waals surface area contributed by atoms with Gasteiger partial charge in [0.15, 0.2) is 0 Å². The summed E-state index contributed by atoms with van der Waals surface area (Å²) in [4.78, 5) is 12.5. The summed E-state index contributed by atoms with van der Waals surface area (Å²) in [6.45, 7) is 4.54. The molecule has 2 aromatic carbocycles. The van der Waals surface area contributed by atoms with E-state index in [9.17, 15) is 4.79 Å². The van der Waals surface area contributed by atoms with Crippen molar-refractivity contribution in [1.29, 1.82) is 0 Å². The van der Waals surface area contributed by atoms with Crippen molar-refractivity contribution in [3.05, 3.63) is 88.6 Å². The van der Waals surface area contributed by atoms with Crippen molar-refractivity contribution < 1.29 is 4.79 Å². The highest BCUT2D eigenvalue weighted by atomic mass is 35.5. The van der Waals surface area contributed by atoms with E-state index in [1.165, 1.54) is 0 Å². The average molecular weight is 296 g/mol. The van der Waals surface area contributed by atoms with Crippen LogP contribution in [0.5, 0.6) is 0 Å². The van der Waals surface area contributed by atoms with E-state index in [2.05, 4.69) is 11.9 Å². The minimum Gasteiger partial charge on any atom is -0.377 e. The molecule has 0 heterocycles. The Morgan fingerprint density at radius 3 is 2.29 bits per heavy atom. The number of fused-ring (bicyclic) bond motifs is 1. The first-order valence-electron chi connectivity index (χ1n) is 6.69. The van der Waals surface area contributed by atoms with Gasteiger partial charge < -0.3 is 5.32 Å². The topological polar surface area (TPSA) is 29.1 Å². The van der Waals surface area contributed by atoms with Crippen molar-refractivity contribution >= 4 is 23.0 Å². The number of halogens is 1. The fourth-order valence-corrected chi connectivity index (χ4v) is 2.65. The smallest absolute Gasteiger partial charge is 0.211 e. The minimum atomic E-state index is -0.0843. The van der Waals surface area contributed by atoms with Crippen LogP contribution in [0.15, 0.2) is 71.9 Å². The molecule has 1 aliphatic rings. The van der Waals surface area contributed by atoms with Crippen molar-refractivity contribution in [2.24, 2.45) is 0 Å². The number of carbonyl (C=O) groups is 1. The van der Waals surface area contributed by atoms with E-state index in [1.807, 2.05) is 48.5 Å². The Morgan fingerprint density at radius 1 is 0.952 bits per heavy atom. The average Bonchev–Trinajstić information content (AvgIpc) is 2.54. The maximum absolute atomic E-state index is 12.5. The summed E-state index contributed by atoms with van der Waals surface area (Å²) in [5.74, 6) is -0.0843. The molecule has 3 heteroatoms. The molecule has 1 aliphatic carbocycles. The van der Waals surface area contributed by atoms with Crippen LogP contribution in [-0.2, 0) is 6.54 Å². The van der Waals surface area contributed by atoms with Gasteiger partial charge in [-0.05, 0) is 16.7 Å². The van der Waals surface area contributed by atoms with Crippen LogP contribution in [0.4, 0.5) is 0 Å². The third kappa shape index (κ3) is 2.50. The second kappa shape index (κ2) is 5.58. The van der Waals surface area contributed by atoms with Gasteiger partial charge in [-0.25, -0.2) is 0 Å². The Bertz CT molecular complexity index is 747. The fourth-order valence-electron chi connectivity index (χ4n) is 2.39. The Labute approximate surface area is 128 Å². The van der Waals surface area contributed by atoms with Crippen LogP contribution < -0.4 is 5.32 Å². The molecule has 1 N–H and O–H groups in total. The first-order valence-corrected chi connectivity index (χ1v) is 7.07. The fraction of sp³-hybridized carbons (Fsp3) is 0.0556. The molecule has 3 rings (SSSR count). The molecule has 0 atom stereocenters. The van der Waals surface area contributed by atoms with E-state index >= 15 is 0 Å². The molecule has 2 nitrogen and oxygen atoms in total. The number of ketones is 1. The summed E-state index contributed by atoms with van der Waals surface area (Å²) in [6.07, 6.45) is 0. The summed E-state index contributed by atoms with van der Waals surface area (Å²) in [5, 5.41) is 3.54. The predicted octanol–water partition coefficient (Wildman–Crippen LogP) is 4.14. The lowest BCUT2D eigenvalue weighted by Crippen LogP contribution is -2.25. The van der Waals surface area contributed by atoms with Gasteiger partial charge in [0.25, 0.3) is 0 Å². The Kier molecular flexibility index (Phi) is 3.63. The van der Waals surface area contributed by atoms with Gasteiger partial charge in [0.05, 0.1) is 5.03 Å². The quantitative estimate of drug-likeness (QED) is 0.922. The van der Waals surface area contributed by atoms with Crippen LogP contribution in [0, 0.1) is 0 Å². The van der Waals surface area contributed by atoms with E-state index in [0.29, 0.717) is 28.4 Å². The second-order valence-corrected chi connectivity index (χ2v) is 5.26. The predicted molar refractivity (Wildman–Crippen MR) is 86.0 cm³/mol. The van der Waals surface area contributed by atoms with Gasteiger partial charge in [-0.15, -0.1) is 0 Å². The lowest BCUT2D eigenvalue weighted by Gasteiger charge is -2.21. The molecular formula is C18H14ClNO. The molecule has 2 aromatic rings. The molecule has 0 saturated carbocycles. The Balaban J connectivity index is 1.90. The van der Waals surface area contributed by atoms with E-state index < -0.39 is 0 Å². The molecule has 0 radical (unpaired) electrons.